The number of ether oxygens (including phenoxy) is 1. The smallest absolute Gasteiger partial charge is 0.236 e. The summed E-state index contributed by atoms with van der Waals surface area (Å²) in [6.45, 7) is 1.89. The van der Waals surface area contributed by atoms with Gasteiger partial charge >= 0.3 is 0 Å². The Kier molecular flexibility index (Phi) is 7.56. The zero-order valence-corrected chi connectivity index (χ0v) is 23.1. The van der Waals surface area contributed by atoms with E-state index in [9.17, 15) is 15.5 Å². The SMILES string of the molecule is Cc1noc(-c2ccccc2)c1CSC[C@H]1O[C@@H](n2cc(C#Cc3cncnc3)c3c(N)nc(C#N)nc32)[C@H](O)[C@@H]1O. The van der Waals surface area contributed by atoms with E-state index >= 15 is 0 Å². The van der Waals surface area contributed by atoms with Gasteiger partial charge in [-0.3, -0.25) is 0 Å². The molecule has 210 valence electrons. The Bertz CT molecular complexity index is 1840. The summed E-state index contributed by atoms with van der Waals surface area (Å²) in [6.07, 6.45) is 1.99. The fourth-order valence-electron chi connectivity index (χ4n) is 4.77. The van der Waals surface area contributed by atoms with Crippen LogP contribution in [0.25, 0.3) is 22.4 Å². The van der Waals surface area contributed by atoms with Crippen molar-refractivity contribution in [1.82, 2.24) is 29.7 Å². The van der Waals surface area contributed by atoms with Gasteiger partial charge in [-0.2, -0.15) is 17.0 Å². The van der Waals surface area contributed by atoms with Gasteiger partial charge in [0.25, 0.3) is 0 Å². The van der Waals surface area contributed by atoms with E-state index in [1.807, 2.05) is 43.3 Å². The standard InChI is InChI=1S/C29H24N8O4S/c1-16-20(26(41-36-16)18-5-3-2-4-6-18)13-42-14-21-24(38)25(39)29(40-21)37-12-19(8-7-17-10-32-15-33-11-17)23-27(31)34-22(9-30)35-28(23)37/h2-6,10-12,15,21,24-25,29,38-39H,13-14H2,1H3,(H2,31,34,35)/t21-,24-,25-,29-/m1/s1. The Morgan fingerprint density at radius 3 is 2.64 bits per heavy atom. The lowest BCUT2D eigenvalue weighted by Gasteiger charge is -2.17. The maximum atomic E-state index is 11.1. The predicted octanol–water partition coefficient (Wildman–Crippen LogP) is 2.59. The van der Waals surface area contributed by atoms with Gasteiger partial charge < -0.3 is 29.8 Å². The molecule has 0 aliphatic carbocycles. The summed E-state index contributed by atoms with van der Waals surface area (Å²) in [6, 6.07) is 11.6. The number of hydrogen-bond acceptors (Lipinski definition) is 12. The van der Waals surface area contributed by atoms with Crippen LogP contribution in [-0.4, -0.2) is 63.9 Å². The van der Waals surface area contributed by atoms with E-state index in [4.69, 9.17) is 15.0 Å². The third-order valence-corrected chi connectivity index (χ3v) is 7.92. The summed E-state index contributed by atoms with van der Waals surface area (Å²) in [7, 11) is 0. The van der Waals surface area contributed by atoms with Crippen LogP contribution >= 0.6 is 11.8 Å². The predicted molar refractivity (Wildman–Crippen MR) is 153 cm³/mol. The molecule has 6 rings (SSSR count). The van der Waals surface area contributed by atoms with E-state index in [0.717, 1.165) is 16.8 Å². The number of anilines is 1. The molecule has 4 atom stereocenters. The number of aliphatic hydroxyl groups is 2. The first-order valence-corrected chi connectivity index (χ1v) is 14.0. The van der Waals surface area contributed by atoms with E-state index in [0.29, 0.717) is 33.8 Å². The molecule has 1 aliphatic heterocycles. The maximum absolute atomic E-state index is 11.1. The van der Waals surface area contributed by atoms with Crippen LogP contribution in [0.5, 0.6) is 0 Å². The molecule has 0 unspecified atom stereocenters. The Balaban J connectivity index is 1.25. The first-order chi connectivity index (χ1) is 20.4. The van der Waals surface area contributed by atoms with Crippen LogP contribution in [0.15, 0.2) is 59.8 Å². The zero-order chi connectivity index (χ0) is 29.2. The number of thioether (sulfide) groups is 1. The second-order valence-corrected chi connectivity index (χ2v) is 10.6. The minimum absolute atomic E-state index is 0.0577. The molecule has 5 heterocycles. The summed E-state index contributed by atoms with van der Waals surface area (Å²) in [5.74, 6) is 7.56. The van der Waals surface area contributed by atoms with E-state index in [-0.39, 0.29) is 17.3 Å². The van der Waals surface area contributed by atoms with Gasteiger partial charge in [-0.25, -0.2) is 19.9 Å². The van der Waals surface area contributed by atoms with Crippen molar-refractivity contribution in [3.05, 3.63) is 83.5 Å². The van der Waals surface area contributed by atoms with Crippen LogP contribution in [0, 0.1) is 30.1 Å². The molecule has 1 aliphatic rings. The molecule has 1 aromatic carbocycles. The number of nitriles is 1. The molecule has 1 saturated heterocycles. The molecular formula is C29H24N8O4S. The summed E-state index contributed by atoms with van der Waals surface area (Å²) < 4.78 is 13.3. The van der Waals surface area contributed by atoms with Crippen LogP contribution in [0.2, 0.25) is 0 Å². The highest BCUT2D eigenvalue weighted by atomic mass is 32.2. The maximum Gasteiger partial charge on any atom is 0.236 e. The Morgan fingerprint density at radius 2 is 1.88 bits per heavy atom. The second kappa shape index (κ2) is 11.6. The van der Waals surface area contributed by atoms with Gasteiger partial charge in [-0.05, 0) is 6.92 Å². The molecule has 5 aromatic rings. The van der Waals surface area contributed by atoms with E-state index in [1.165, 1.54) is 22.7 Å². The first kappa shape index (κ1) is 27.4. The number of benzene rings is 1. The molecule has 0 amide bonds. The fourth-order valence-corrected chi connectivity index (χ4v) is 5.94. The fraction of sp³-hybridized carbons (Fsp3) is 0.241. The van der Waals surface area contributed by atoms with Gasteiger partial charge in [0.2, 0.25) is 5.82 Å². The summed E-state index contributed by atoms with van der Waals surface area (Å²) >= 11 is 1.53. The van der Waals surface area contributed by atoms with E-state index in [2.05, 4.69) is 36.9 Å². The Morgan fingerprint density at radius 1 is 1.10 bits per heavy atom. The van der Waals surface area contributed by atoms with Crippen molar-refractivity contribution in [1.29, 1.82) is 5.26 Å². The molecule has 42 heavy (non-hydrogen) atoms. The van der Waals surface area contributed by atoms with Crippen LogP contribution < -0.4 is 5.73 Å². The number of aryl methyl sites for hydroxylation is 1. The number of hydrogen-bond donors (Lipinski definition) is 3. The lowest BCUT2D eigenvalue weighted by atomic mass is 10.1. The van der Waals surface area contributed by atoms with E-state index in [1.54, 1.807) is 18.6 Å². The number of fused-ring (bicyclic) bond motifs is 1. The molecule has 13 heteroatoms. The number of nitrogens with zero attached hydrogens (tertiary/aromatic N) is 7. The molecule has 0 bridgehead atoms. The van der Waals surface area contributed by atoms with Crippen LogP contribution in [-0.2, 0) is 10.5 Å². The molecule has 1 fully saturated rings. The Hall–Kier alpha value is -4.79. The van der Waals surface area contributed by atoms with Gasteiger partial charge in [0.1, 0.15) is 36.1 Å². The van der Waals surface area contributed by atoms with E-state index < -0.39 is 24.5 Å². The average Bonchev–Trinajstić information content (AvgIpc) is 3.66. The van der Waals surface area contributed by atoms with Crippen molar-refractivity contribution >= 4 is 28.6 Å². The van der Waals surface area contributed by atoms with Crippen molar-refractivity contribution in [2.75, 3.05) is 11.5 Å². The summed E-state index contributed by atoms with van der Waals surface area (Å²) in [4.78, 5) is 16.3. The molecule has 4 aromatic heterocycles. The molecular weight excluding hydrogens is 556 g/mol. The quantitative estimate of drug-likeness (QED) is 0.250. The Labute approximate surface area is 244 Å². The summed E-state index contributed by atoms with van der Waals surface area (Å²) in [5.41, 5.74) is 10.2. The van der Waals surface area contributed by atoms with Gasteiger partial charge in [0.15, 0.2) is 12.0 Å². The van der Waals surface area contributed by atoms with Crippen LogP contribution in [0.4, 0.5) is 5.82 Å². The van der Waals surface area contributed by atoms with Gasteiger partial charge in [0, 0.05) is 41.2 Å². The first-order valence-electron chi connectivity index (χ1n) is 12.9. The van der Waals surface area contributed by atoms with Crippen molar-refractivity contribution in [2.45, 2.75) is 37.2 Å². The highest BCUT2D eigenvalue weighted by Gasteiger charge is 2.44. The third kappa shape index (κ3) is 5.18. The van der Waals surface area contributed by atoms with Crippen molar-refractivity contribution in [3.8, 4) is 29.2 Å². The third-order valence-electron chi connectivity index (χ3n) is 6.86. The van der Waals surface area contributed by atoms with Gasteiger partial charge in [-0.1, -0.05) is 47.3 Å². The second-order valence-electron chi connectivity index (χ2n) is 9.57. The summed E-state index contributed by atoms with van der Waals surface area (Å²) in [5, 5.41) is 36.0. The minimum atomic E-state index is -1.28. The van der Waals surface area contributed by atoms with Crippen molar-refractivity contribution in [3.63, 3.8) is 0 Å². The van der Waals surface area contributed by atoms with Crippen molar-refractivity contribution in [2.24, 2.45) is 0 Å². The number of nitrogens with two attached hydrogens (primary N) is 1. The largest absolute Gasteiger partial charge is 0.387 e. The number of rotatable bonds is 6. The topological polar surface area (TPSA) is 182 Å². The highest BCUT2D eigenvalue weighted by Crippen LogP contribution is 2.37. The molecule has 0 saturated carbocycles. The van der Waals surface area contributed by atoms with Gasteiger partial charge in [0.05, 0.1) is 28.3 Å². The average molecular weight is 581 g/mol. The van der Waals surface area contributed by atoms with Gasteiger partial charge in [-0.15, -0.1) is 0 Å². The van der Waals surface area contributed by atoms with Crippen molar-refractivity contribution < 1.29 is 19.5 Å². The monoisotopic (exact) mass is 580 g/mol. The number of aliphatic hydroxyl groups excluding tert-OH is 2. The highest BCUT2D eigenvalue weighted by molar-refractivity contribution is 7.98. The molecule has 12 nitrogen and oxygen atoms in total. The normalized spacial score (nSPS) is 19.9. The zero-order valence-electron chi connectivity index (χ0n) is 22.2. The molecule has 0 radical (unpaired) electrons. The van der Waals surface area contributed by atoms with Crippen LogP contribution in [0.1, 0.15) is 34.4 Å². The minimum Gasteiger partial charge on any atom is -0.387 e. The number of aromatic nitrogens is 6. The molecule has 0 spiro atoms. The molecule has 4 N–H and O–H groups in total. The van der Waals surface area contributed by atoms with Crippen LogP contribution in [0.3, 0.4) is 0 Å². The number of nitrogen functional groups attached to an aromatic ring is 1. The lowest BCUT2D eigenvalue weighted by molar-refractivity contribution is -0.0285. The lowest BCUT2D eigenvalue weighted by Crippen LogP contribution is -2.32.